The summed E-state index contributed by atoms with van der Waals surface area (Å²) in [7, 11) is 6.96. The minimum Gasteiger partial charge on any atom is -1.00 e. The first-order valence-electron chi connectivity index (χ1n) is 8.03. The van der Waals surface area contributed by atoms with Crippen LogP contribution in [0.2, 0.25) is 0 Å². The van der Waals surface area contributed by atoms with Crippen LogP contribution in [0.4, 0.5) is 0 Å². The third-order valence-corrected chi connectivity index (χ3v) is 4.26. The molecule has 0 aliphatic carbocycles. The van der Waals surface area contributed by atoms with E-state index in [1.165, 1.54) is 10.9 Å². The number of ether oxygens (including phenoxy) is 3. The molecule has 1 aromatic heterocycles. The van der Waals surface area contributed by atoms with Crippen LogP contribution in [0.3, 0.4) is 0 Å². The fourth-order valence-corrected chi connectivity index (χ4v) is 2.90. The molecule has 0 aliphatic heterocycles. The predicted octanol–water partition coefficient (Wildman–Crippen LogP) is 0.864. The number of rotatable bonds is 5. The van der Waals surface area contributed by atoms with Crippen molar-refractivity contribution in [3.8, 4) is 17.2 Å². The SMILES string of the molecule is COc1cc(OC)c(/C=C/c2cc[n+](C)c3ccccc23)c(OC)c1.[I-]. The number of nitrogens with zero attached hydrogens (tertiary/aromatic N) is 1. The van der Waals surface area contributed by atoms with Crippen molar-refractivity contribution in [1.82, 2.24) is 0 Å². The number of benzene rings is 2. The van der Waals surface area contributed by atoms with Crippen LogP contribution in [0, 0.1) is 0 Å². The number of aromatic nitrogens is 1. The Labute approximate surface area is 171 Å². The van der Waals surface area contributed by atoms with Gasteiger partial charge in [-0.25, -0.2) is 4.57 Å². The molecule has 0 spiro atoms. The molecular weight excluding hydrogens is 441 g/mol. The summed E-state index contributed by atoms with van der Waals surface area (Å²) in [6.07, 6.45) is 6.15. The van der Waals surface area contributed by atoms with Gasteiger partial charge < -0.3 is 38.2 Å². The molecule has 0 atom stereocenters. The molecule has 1 heterocycles. The first-order chi connectivity index (χ1) is 12.2. The van der Waals surface area contributed by atoms with Crippen molar-refractivity contribution in [1.29, 1.82) is 0 Å². The third-order valence-electron chi connectivity index (χ3n) is 4.26. The van der Waals surface area contributed by atoms with E-state index in [4.69, 9.17) is 14.2 Å². The van der Waals surface area contributed by atoms with Crippen LogP contribution in [0.1, 0.15) is 11.1 Å². The van der Waals surface area contributed by atoms with Gasteiger partial charge in [0.2, 0.25) is 5.52 Å². The van der Waals surface area contributed by atoms with Crippen molar-refractivity contribution in [2.24, 2.45) is 7.05 Å². The van der Waals surface area contributed by atoms with E-state index in [2.05, 4.69) is 35.0 Å². The van der Waals surface area contributed by atoms with Gasteiger partial charge in [0.1, 0.15) is 24.3 Å². The van der Waals surface area contributed by atoms with Crippen molar-refractivity contribution in [2.75, 3.05) is 21.3 Å². The van der Waals surface area contributed by atoms with Crippen molar-refractivity contribution >= 4 is 23.1 Å². The maximum absolute atomic E-state index is 5.51. The summed E-state index contributed by atoms with van der Waals surface area (Å²) in [4.78, 5) is 0. The fraction of sp³-hybridized carbons (Fsp3) is 0.190. The molecule has 3 rings (SSSR count). The smallest absolute Gasteiger partial charge is 0.212 e. The first kappa shape index (κ1) is 20.0. The molecule has 4 nitrogen and oxygen atoms in total. The maximum Gasteiger partial charge on any atom is 0.212 e. The fourth-order valence-electron chi connectivity index (χ4n) is 2.90. The number of fused-ring (bicyclic) bond motifs is 1. The summed E-state index contributed by atoms with van der Waals surface area (Å²) < 4.78 is 18.4. The van der Waals surface area contributed by atoms with E-state index in [1.807, 2.05) is 37.4 Å². The second-order valence-electron chi connectivity index (χ2n) is 5.68. The molecule has 0 radical (unpaired) electrons. The molecule has 2 aromatic carbocycles. The predicted molar refractivity (Wildman–Crippen MR) is 100 cm³/mol. The Morgan fingerprint density at radius 1 is 0.846 bits per heavy atom. The number of halogens is 1. The molecule has 0 fully saturated rings. The lowest BCUT2D eigenvalue weighted by atomic mass is 10.1. The Morgan fingerprint density at radius 2 is 1.50 bits per heavy atom. The van der Waals surface area contributed by atoms with Gasteiger partial charge in [-0.2, -0.15) is 0 Å². The number of hydrogen-bond acceptors (Lipinski definition) is 3. The Hall–Kier alpha value is -2.28. The summed E-state index contributed by atoms with van der Waals surface area (Å²) in [5.41, 5.74) is 3.19. The van der Waals surface area contributed by atoms with Crippen molar-refractivity contribution in [2.45, 2.75) is 0 Å². The summed E-state index contributed by atoms with van der Waals surface area (Å²) in [6, 6.07) is 14.1. The molecule has 0 unspecified atom stereocenters. The van der Waals surface area contributed by atoms with E-state index in [9.17, 15) is 0 Å². The molecule has 5 heteroatoms. The molecular formula is C21H22INO3. The van der Waals surface area contributed by atoms with Gasteiger partial charge in [-0.05, 0) is 17.7 Å². The topological polar surface area (TPSA) is 31.6 Å². The molecule has 0 saturated carbocycles. The zero-order valence-corrected chi connectivity index (χ0v) is 17.5. The summed E-state index contributed by atoms with van der Waals surface area (Å²) in [5.74, 6) is 2.11. The van der Waals surface area contributed by atoms with Crippen molar-refractivity contribution in [3.05, 3.63) is 59.8 Å². The van der Waals surface area contributed by atoms with E-state index in [0.717, 1.165) is 11.1 Å². The second kappa shape index (κ2) is 8.89. The minimum absolute atomic E-state index is 0. The number of methoxy groups -OCH3 is 3. The van der Waals surface area contributed by atoms with Gasteiger partial charge >= 0.3 is 0 Å². The van der Waals surface area contributed by atoms with Crippen molar-refractivity contribution < 1.29 is 42.8 Å². The Bertz CT molecular complexity index is 913. The van der Waals surface area contributed by atoms with Gasteiger partial charge in [-0.1, -0.05) is 18.2 Å². The van der Waals surface area contributed by atoms with Crippen LogP contribution in [-0.4, -0.2) is 21.3 Å². The number of para-hydroxylation sites is 1. The van der Waals surface area contributed by atoms with E-state index in [1.54, 1.807) is 21.3 Å². The van der Waals surface area contributed by atoms with Gasteiger partial charge in [-0.15, -0.1) is 0 Å². The molecule has 0 amide bonds. The minimum atomic E-state index is 0. The summed E-state index contributed by atoms with van der Waals surface area (Å²) in [5, 5.41) is 1.19. The Balaban J connectivity index is 0.00000243. The van der Waals surface area contributed by atoms with Crippen molar-refractivity contribution in [3.63, 3.8) is 0 Å². The van der Waals surface area contributed by atoms with Crippen LogP contribution in [0.15, 0.2) is 48.7 Å². The summed E-state index contributed by atoms with van der Waals surface area (Å²) >= 11 is 0. The molecule has 3 aromatic rings. The van der Waals surface area contributed by atoms with Crippen LogP contribution in [0.5, 0.6) is 17.2 Å². The molecule has 0 aliphatic rings. The first-order valence-corrected chi connectivity index (χ1v) is 8.03. The summed E-state index contributed by atoms with van der Waals surface area (Å²) in [6.45, 7) is 0. The van der Waals surface area contributed by atoms with Crippen LogP contribution in [-0.2, 0) is 7.05 Å². The molecule has 136 valence electrons. The molecule has 0 saturated heterocycles. The second-order valence-corrected chi connectivity index (χ2v) is 5.68. The number of hydrogen-bond donors (Lipinski definition) is 0. The number of pyridine rings is 1. The average molecular weight is 463 g/mol. The quantitative estimate of drug-likeness (QED) is 0.416. The highest BCUT2D eigenvalue weighted by atomic mass is 127. The zero-order chi connectivity index (χ0) is 17.8. The Morgan fingerprint density at radius 3 is 2.12 bits per heavy atom. The Kier molecular flexibility index (Phi) is 6.85. The van der Waals surface area contributed by atoms with Crippen LogP contribution < -0.4 is 42.8 Å². The van der Waals surface area contributed by atoms with Gasteiger partial charge in [-0.3, -0.25) is 0 Å². The monoisotopic (exact) mass is 463 g/mol. The molecule has 0 bridgehead atoms. The number of aryl methyl sites for hydroxylation is 1. The maximum atomic E-state index is 5.51. The van der Waals surface area contributed by atoms with E-state index in [0.29, 0.717) is 17.2 Å². The largest absolute Gasteiger partial charge is 1.00 e. The van der Waals surface area contributed by atoms with E-state index in [-0.39, 0.29) is 24.0 Å². The standard InChI is InChI=1S/C21H22NO3.HI/c1-22-12-11-15(17-7-5-6-8-19(17)22)9-10-18-20(24-3)13-16(23-2)14-21(18)25-4;/h5-14H,1-4H3;1H/q+1;/p-1/b10-9+;. The molecule has 26 heavy (non-hydrogen) atoms. The lowest BCUT2D eigenvalue weighted by Crippen LogP contribution is -3.00. The van der Waals surface area contributed by atoms with E-state index >= 15 is 0 Å². The zero-order valence-electron chi connectivity index (χ0n) is 15.3. The van der Waals surface area contributed by atoms with Crippen LogP contribution in [0.25, 0.3) is 23.1 Å². The van der Waals surface area contributed by atoms with Gasteiger partial charge in [0.15, 0.2) is 6.20 Å². The van der Waals surface area contributed by atoms with E-state index < -0.39 is 0 Å². The average Bonchev–Trinajstić information content (AvgIpc) is 2.67. The highest BCUT2D eigenvalue weighted by Gasteiger charge is 2.12. The highest BCUT2D eigenvalue weighted by Crippen LogP contribution is 2.35. The lowest BCUT2D eigenvalue weighted by Gasteiger charge is -2.12. The van der Waals surface area contributed by atoms with Gasteiger partial charge in [0.25, 0.3) is 0 Å². The highest BCUT2D eigenvalue weighted by molar-refractivity contribution is 5.89. The van der Waals surface area contributed by atoms with Gasteiger partial charge in [0.05, 0.1) is 32.3 Å². The third kappa shape index (κ3) is 3.93. The van der Waals surface area contributed by atoms with Gasteiger partial charge in [0, 0.05) is 24.3 Å². The normalized spacial score (nSPS) is 10.6. The van der Waals surface area contributed by atoms with Crippen LogP contribution >= 0.6 is 0 Å². The lowest BCUT2D eigenvalue weighted by molar-refractivity contribution is -0.644. The molecule has 0 N–H and O–H groups in total.